The zero-order valence-electron chi connectivity index (χ0n) is 10.7. The zero-order valence-corrected chi connectivity index (χ0v) is 12.3. The van der Waals surface area contributed by atoms with E-state index in [1.54, 1.807) is 0 Å². The van der Waals surface area contributed by atoms with Crippen molar-refractivity contribution in [3.63, 3.8) is 0 Å². The highest BCUT2D eigenvalue weighted by Gasteiger charge is 2.48. The van der Waals surface area contributed by atoms with E-state index in [4.69, 9.17) is 5.73 Å². The van der Waals surface area contributed by atoms with Crippen LogP contribution in [0.15, 0.2) is 53.1 Å². The quantitative estimate of drug-likeness (QED) is 0.938. The topological polar surface area (TPSA) is 38.9 Å². The third kappa shape index (κ3) is 2.58. The molecule has 3 heteroatoms. The second-order valence-corrected chi connectivity index (χ2v) is 6.22. The van der Waals surface area contributed by atoms with Gasteiger partial charge in [-0.25, -0.2) is 0 Å². The second-order valence-electron chi connectivity index (χ2n) is 5.30. The molecule has 1 aliphatic rings. The molecule has 2 aromatic rings. The SMILES string of the molecule is NC(Cc1ccc(Br)cn1)C1(c2ccccc2)CC1. The van der Waals surface area contributed by atoms with E-state index in [9.17, 15) is 0 Å². The lowest BCUT2D eigenvalue weighted by molar-refractivity contribution is 0.509. The molecule has 1 aromatic heterocycles. The maximum atomic E-state index is 6.46. The van der Waals surface area contributed by atoms with Gasteiger partial charge in [0, 0.05) is 34.2 Å². The van der Waals surface area contributed by atoms with E-state index in [0.29, 0.717) is 0 Å². The van der Waals surface area contributed by atoms with Crippen LogP contribution in [-0.4, -0.2) is 11.0 Å². The molecular formula is C16H17BrN2. The van der Waals surface area contributed by atoms with Crippen molar-refractivity contribution >= 4 is 15.9 Å². The standard InChI is InChI=1S/C16H17BrN2/c17-13-6-7-14(19-11-13)10-15(18)16(8-9-16)12-4-2-1-3-5-12/h1-7,11,15H,8-10,18H2. The molecule has 0 bridgehead atoms. The highest BCUT2D eigenvalue weighted by Crippen LogP contribution is 2.50. The summed E-state index contributed by atoms with van der Waals surface area (Å²) in [7, 11) is 0. The molecule has 0 aliphatic heterocycles. The average Bonchev–Trinajstić information content (AvgIpc) is 3.24. The molecule has 3 rings (SSSR count). The van der Waals surface area contributed by atoms with Gasteiger partial charge >= 0.3 is 0 Å². The van der Waals surface area contributed by atoms with Crippen molar-refractivity contribution in [3.05, 3.63) is 64.4 Å². The van der Waals surface area contributed by atoms with Crippen LogP contribution in [0.25, 0.3) is 0 Å². The van der Waals surface area contributed by atoms with Crippen molar-refractivity contribution in [2.45, 2.75) is 30.7 Å². The molecule has 98 valence electrons. The van der Waals surface area contributed by atoms with Gasteiger partial charge in [-0.15, -0.1) is 0 Å². The molecule has 1 saturated carbocycles. The molecule has 2 N–H and O–H groups in total. The number of hydrogen-bond donors (Lipinski definition) is 1. The fourth-order valence-corrected chi connectivity index (χ4v) is 2.96. The molecule has 1 aromatic carbocycles. The Morgan fingerprint density at radius 3 is 2.47 bits per heavy atom. The minimum Gasteiger partial charge on any atom is -0.327 e. The van der Waals surface area contributed by atoms with E-state index in [-0.39, 0.29) is 11.5 Å². The van der Waals surface area contributed by atoms with Gasteiger partial charge in [0.05, 0.1) is 0 Å². The predicted octanol–water partition coefficient (Wildman–Crippen LogP) is 3.45. The summed E-state index contributed by atoms with van der Waals surface area (Å²) in [5.74, 6) is 0. The molecule has 2 nitrogen and oxygen atoms in total. The van der Waals surface area contributed by atoms with Gasteiger partial charge in [-0.05, 0) is 46.5 Å². The Kier molecular flexibility index (Phi) is 3.42. The van der Waals surface area contributed by atoms with Crippen molar-refractivity contribution < 1.29 is 0 Å². The van der Waals surface area contributed by atoms with Gasteiger partial charge < -0.3 is 5.73 Å². The van der Waals surface area contributed by atoms with Crippen molar-refractivity contribution in [1.29, 1.82) is 0 Å². The van der Waals surface area contributed by atoms with Crippen LogP contribution in [0.3, 0.4) is 0 Å². The fraction of sp³-hybridized carbons (Fsp3) is 0.312. The largest absolute Gasteiger partial charge is 0.327 e. The Morgan fingerprint density at radius 2 is 1.89 bits per heavy atom. The Bertz CT molecular complexity index is 547. The van der Waals surface area contributed by atoms with E-state index < -0.39 is 0 Å². The first-order valence-electron chi connectivity index (χ1n) is 6.62. The van der Waals surface area contributed by atoms with Gasteiger partial charge in [-0.2, -0.15) is 0 Å². The smallest absolute Gasteiger partial charge is 0.0420 e. The third-order valence-corrected chi connectivity index (χ3v) is 4.53. The molecule has 0 radical (unpaired) electrons. The lowest BCUT2D eigenvalue weighted by Crippen LogP contribution is -2.37. The molecule has 1 heterocycles. The van der Waals surface area contributed by atoms with E-state index in [2.05, 4.69) is 51.2 Å². The lowest BCUT2D eigenvalue weighted by atomic mass is 9.86. The van der Waals surface area contributed by atoms with Gasteiger partial charge in [0.15, 0.2) is 0 Å². The van der Waals surface area contributed by atoms with Crippen molar-refractivity contribution in [2.75, 3.05) is 0 Å². The summed E-state index contributed by atoms with van der Waals surface area (Å²) in [6.45, 7) is 0. The number of rotatable bonds is 4. The zero-order chi connectivity index (χ0) is 13.3. The number of halogens is 1. The summed E-state index contributed by atoms with van der Waals surface area (Å²) in [6.07, 6.45) is 5.05. The van der Waals surface area contributed by atoms with E-state index >= 15 is 0 Å². The van der Waals surface area contributed by atoms with Crippen LogP contribution in [0.2, 0.25) is 0 Å². The molecule has 1 unspecified atom stereocenters. The van der Waals surface area contributed by atoms with Crippen LogP contribution in [-0.2, 0) is 11.8 Å². The molecule has 19 heavy (non-hydrogen) atoms. The number of nitrogens with zero attached hydrogens (tertiary/aromatic N) is 1. The van der Waals surface area contributed by atoms with E-state index in [1.807, 2.05) is 18.3 Å². The van der Waals surface area contributed by atoms with Gasteiger partial charge in [-0.3, -0.25) is 4.98 Å². The number of pyridine rings is 1. The summed E-state index contributed by atoms with van der Waals surface area (Å²) in [4.78, 5) is 4.43. The van der Waals surface area contributed by atoms with Gasteiger partial charge in [0.25, 0.3) is 0 Å². The molecule has 1 aliphatic carbocycles. The normalized spacial score (nSPS) is 18.0. The van der Waals surface area contributed by atoms with Crippen molar-refractivity contribution in [1.82, 2.24) is 4.98 Å². The molecule has 1 atom stereocenters. The minimum atomic E-state index is 0.142. The third-order valence-electron chi connectivity index (χ3n) is 4.06. The number of nitrogens with two attached hydrogens (primary N) is 1. The Balaban J connectivity index is 1.77. The van der Waals surface area contributed by atoms with Gasteiger partial charge in [0.1, 0.15) is 0 Å². The van der Waals surface area contributed by atoms with Crippen LogP contribution in [0.5, 0.6) is 0 Å². The van der Waals surface area contributed by atoms with E-state index in [1.165, 1.54) is 18.4 Å². The summed E-state index contributed by atoms with van der Waals surface area (Å²) >= 11 is 3.41. The van der Waals surface area contributed by atoms with Gasteiger partial charge in [-0.1, -0.05) is 30.3 Å². The highest BCUT2D eigenvalue weighted by molar-refractivity contribution is 9.10. The Morgan fingerprint density at radius 1 is 1.16 bits per heavy atom. The summed E-state index contributed by atoms with van der Waals surface area (Å²) in [5.41, 5.74) is 9.08. The van der Waals surface area contributed by atoms with Crippen LogP contribution >= 0.6 is 15.9 Å². The van der Waals surface area contributed by atoms with Crippen LogP contribution in [0, 0.1) is 0 Å². The first kappa shape index (κ1) is 12.8. The summed E-state index contributed by atoms with van der Waals surface area (Å²) < 4.78 is 1.01. The summed E-state index contributed by atoms with van der Waals surface area (Å²) in [6, 6.07) is 14.9. The summed E-state index contributed by atoms with van der Waals surface area (Å²) in [5, 5.41) is 0. The Labute approximate surface area is 122 Å². The van der Waals surface area contributed by atoms with Crippen molar-refractivity contribution in [2.24, 2.45) is 5.73 Å². The molecule has 0 amide bonds. The van der Waals surface area contributed by atoms with Crippen LogP contribution in [0.4, 0.5) is 0 Å². The van der Waals surface area contributed by atoms with Crippen LogP contribution in [0.1, 0.15) is 24.1 Å². The second kappa shape index (κ2) is 5.06. The predicted molar refractivity (Wildman–Crippen MR) is 81.0 cm³/mol. The first-order chi connectivity index (χ1) is 9.21. The highest BCUT2D eigenvalue weighted by atomic mass is 79.9. The van der Waals surface area contributed by atoms with Gasteiger partial charge in [0.2, 0.25) is 0 Å². The molecular weight excluding hydrogens is 300 g/mol. The van der Waals surface area contributed by atoms with Crippen LogP contribution < -0.4 is 5.73 Å². The fourth-order valence-electron chi connectivity index (χ4n) is 2.73. The minimum absolute atomic E-state index is 0.142. The molecule has 0 saturated heterocycles. The van der Waals surface area contributed by atoms with Crippen molar-refractivity contribution in [3.8, 4) is 0 Å². The molecule has 0 spiro atoms. The maximum Gasteiger partial charge on any atom is 0.0420 e. The van der Waals surface area contributed by atoms with E-state index in [0.717, 1.165) is 16.6 Å². The average molecular weight is 317 g/mol. The number of benzene rings is 1. The first-order valence-corrected chi connectivity index (χ1v) is 7.41. The monoisotopic (exact) mass is 316 g/mol. The molecule has 1 fully saturated rings. The lowest BCUT2D eigenvalue weighted by Gasteiger charge is -2.23. The Hall–Kier alpha value is -1.19. The maximum absolute atomic E-state index is 6.46. The number of hydrogen-bond acceptors (Lipinski definition) is 2. The number of aromatic nitrogens is 1.